The van der Waals surface area contributed by atoms with Gasteiger partial charge in [-0.15, -0.1) is 11.3 Å². The molecule has 5 nitrogen and oxygen atoms in total. The molecule has 1 N–H and O–H groups in total. The van der Waals surface area contributed by atoms with Gasteiger partial charge in [0, 0.05) is 11.9 Å². The molecule has 0 bridgehead atoms. The predicted molar refractivity (Wildman–Crippen MR) is 65.9 cm³/mol. The van der Waals surface area contributed by atoms with E-state index in [0.29, 0.717) is 6.54 Å². The van der Waals surface area contributed by atoms with E-state index in [-0.39, 0.29) is 19.0 Å². The molecular weight excluding hydrogens is 240 g/mol. The third-order valence-electron chi connectivity index (χ3n) is 2.21. The van der Waals surface area contributed by atoms with E-state index >= 15 is 0 Å². The Morgan fingerprint density at radius 1 is 1.35 bits per heavy atom. The minimum Gasteiger partial charge on any atom is -0.480 e. The fourth-order valence-electron chi connectivity index (χ4n) is 1.36. The van der Waals surface area contributed by atoms with Gasteiger partial charge in [0.25, 0.3) is 0 Å². The summed E-state index contributed by atoms with van der Waals surface area (Å²) in [4.78, 5) is 26.4. The standard InChI is InChI=1S/C11H16N2O3S/c1-12(8-11(15)16)7-10(14)13(2)6-9-4-3-5-17-9/h3-5H,6-8H2,1-2H3,(H,15,16). The lowest BCUT2D eigenvalue weighted by atomic mass is 10.4. The second-order valence-electron chi connectivity index (χ2n) is 3.90. The van der Waals surface area contributed by atoms with E-state index in [2.05, 4.69) is 0 Å². The Hall–Kier alpha value is -1.40. The molecule has 17 heavy (non-hydrogen) atoms. The van der Waals surface area contributed by atoms with Crippen molar-refractivity contribution in [1.82, 2.24) is 9.80 Å². The van der Waals surface area contributed by atoms with Gasteiger partial charge in [-0.1, -0.05) is 6.07 Å². The maximum atomic E-state index is 11.8. The Balaban J connectivity index is 2.39. The molecule has 0 radical (unpaired) electrons. The molecule has 0 fully saturated rings. The Morgan fingerprint density at radius 3 is 2.59 bits per heavy atom. The van der Waals surface area contributed by atoms with Gasteiger partial charge < -0.3 is 10.0 Å². The van der Waals surface area contributed by atoms with E-state index in [1.54, 1.807) is 30.3 Å². The van der Waals surface area contributed by atoms with Crippen molar-refractivity contribution in [3.63, 3.8) is 0 Å². The summed E-state index contributed by atoms with van der Waals surface area (Å²) in [5.41, 5.74) is 0. The monoisotopic (exact) mass is 256 g/mol. The van der Waals surface area contributed by atoms with Crippen LogP contribution in [0.15, 0.2) is 17.5 Å². The highest BCUT2D eigenvalue weighted by molar-refractivity contribution is 7.09. The zero-order chi connectivity index (χ0) is 12.8. The number of likely N-dealkylation sites (N-methyl/N-ethyl adjacent to an activating group) is 2. The fourth-order valence-corrected chi connectivity index (χ4v) is 2.12. The fraction of sp³-hybridized carbons (Fsp3) is 0.455. The molecule has 94 valence electrons. The van der Waals surface area contributed by atoms with Gasteiger partial charge in [-0.25, -0.2) is 0 Å². The molecule has 1 heterocycles. The van der Waals surface area contributed by atoms with E-state index in [0.717, 1.165) is 4.88 Å². The van der Waals surface area contributed by atoms with Crippen LogP contribution in [-0.2, 0) is 16.1 Å². The highest BCUT2D eigenvalue weighted by atomic mass is 32.1. The summed E-state index contributed by atoms with van der Waals surface area (Å²) in [6.07, 6.45) is 0. The average molecular weight is 256 g/mol. The van der Waals surface area contributed by atoms with Crippen LogP contribution in [0, 0.1) is 0 Å². The summed E-state index contributed by atoms with van der Waals surface area (Å²) in [5.74, 6) is -1.01. The summed E-state index contributed by atoms with van der Waals surface area (Å²) in [6, 6.07) is 3.91. The number of nitrogens with zero attached hydrogens (tertiary/aromatic N) is 2. The summed E-state index contributed by atoms with van der Waals surface area (Å²) in [5, 5.41) is 10.5. The Kier molecular flexibility index (Phi) is 5.11. The Labute approximate surface area is 104 Å². The number of rotatable bonds is 6. The van der Waals surface area contributed by atoms with Crippen LogP contribution in [0.2, 0.25) is 0 Å². The SMILES string of the molecule is CN(CC(=O)O)CC(=O)N(C)Cc1cccs1. The van der Waals surface area contributed by atoms with Crippen molar-refractivity contribution in [2.75, 3.05) is 27.2 Å². The van der Waals surface area contributed by atoms with Gasteiger partial charge in [0.1, 0.15) is 0 Å². The smallest absolute Gasteiger partial charge is 0.317 e. The molecule has 0 aliphatic heterocycles. The molecule has 0 atom stereocenters. The molecule has 0 saturated carbocycles. The minimum atomic E-state index is -0.929. The van der Waals surface area contributed by atoms with E-state index in [1.807, 2.05) is 17.5 Å². The first kappa shape index (κ1) is 13.7. The lowest BCUT2D eigenvalue weighted by molar-refractivity contribution is -0.139. The summed E-state index contributed by atoms with van der Waals surface area (Å²) < 4.78 is 0. The van der Waals surface area contributed by atoms with E-state index in [1.165, 1.54) is 4.90 Å². The van der Waals surface area contributed by atoms with Gasteiger partial charge in [-0.2, -0.15) is 0 Å². The molecule has 6 heteroatoms. The van der Waals surface area contributed by atoms with Crippen molar-refractivity contribution in [2.24, 2.45) is 0 Å². The topological polar surface area (TPSA) is 60.9 Å². The van der Waals surface area contributed by atoms with Crippen LogP contribution in [0.1, 0.15) is 4.88 Å². The molecule has 1 amide bonds. The lowest BCUT2D eigenvalue weighted by Crippen LogP contribution is -2.38. The maximum Gasteiger partial charge on any atom is 0.317 e. The van der Waals surface area contributed by atoms with Crippen LogP contribution >= 0.6 is 11.3 Å². The number of hydrogen-bond donors (Lipinski definition) is 1. The molecule has 1 aromatic heterocycles. The Bertz CT molecular complexity index is 378. The number of carbonyl (C=O) groups is 2. The van der Waals surface area contributed by atoms with Gasteiger partial charge in [0.2, 0.25) is 5.91 Å². The highest BCUT2D eigenvalue weighted by Gasteiger charge is 2.13. The third-order valence-corrected chi connectivity index (χ3v) is 3.07. The number of carboxylic acids is 1. The zero-order valence-electron chi connectivity index (χ0n) is 9.92. The van der Waals surface area contributed by atoms with Crippen molar-refractivity contribution >= 4 is 23.2 Å². The van der Waals surface area contributed by atoms with Crippen LogP contribution in [-0.4, -0.2) is 54.0 Å². The van der Waals surface area contributed by atoms with Gasteiger partial charge >= 0.3 is 5.97 Å². The van der Waals surface area contributed by atoms with E-state index in [4.69, 9.17) is 5.11 Å². The normalized spacial score (nSPS) is 10.5. The zero-order valence-corrected chi connectivity index (χ0v) is 10.7. The molecule has 0 aromatic carbocycles. The molecular formula is C11H16N2O3S. The second kappa shape index (κ2) is 6.36. The number of hydrogen-bond acceptors (Lipinski definition) is 4. The van der Waals surface area contributed by atoms with Crippen LogP contribution in [0.3, 0.4) is 0 Å². The maximum absolute atomic E-state index is 11.8. The minimum absolute atomic E-state index is 0.0813. The van der Waals surface area contributed by atoms with Crippen molar-refractivity contribution < 1.29 is 14.7 Å². The molecule has 0 unspecified atom stereocenters. The first-order valence-electron chi connectivity index (χ1n) is 5.15. The molecule has 0 aliphatic rings. The highest BCUT2D eigenvalue weighted by Crippen LogP contribution is 2.10. The molecule has 1 aromatic rings. The quantitative estimate of drug-likeness (QED) is 0.815. The van der Waals surface area contributed by atoms with Crippen LogP contribution in [0.4, 0.5) is 0 Å². The average Bonchev–Trinajstić information content (AvgIpc) is 2.68. The number of carboxylic acid groups (broad SMARTS) is 1. The Morgan fingerprint density at radius 2 is 2.06 bits per heavy atom. The van der Waals surface area contributed by atoms with Gasteiger partial charge in [-0.05, 0) is 18.5 Å². The third kappa shape index (κ3) is 4.97. The number of thiophene rings is 1. The predicted octanol–water partition coefficient (Wildman–Crippen LogP) is 0.723. The van der Waals surface area contributed by atoms with Crippen molar-refractivity contribution in [3.8, 4) is 0 Å². The van der Waals surface area contributed by atoms with Crippen molar-refractivity contribution in [2.45, 2.75) is 6.54 Å². The van der Waals surface area contributed by atoms with E-state index < -0.39 is 5.97 Å². The molecule has 0 saturated heterocycles. The van der Waals surface area contributed by atoms with Gasteiger partial charge in [0.05, 0.1) is 19.6 Å². The van der Waals surface area contributed by atoms with Crippen LogP contribution in [0.25, 0.3) is 0 Å². The molecule has 0 aliphatic carbocycles. The van der Waals surface area contributed by atoms with E-state index in [9.17, 15) is 9.59 Å². The first-order valence-corrected chi connectivity index (χ1v) is 6.03. The first-order chi connectivity index (χ1) is 7.99. The number of carbonyl (C=O) groups excluding carboxylic acids is 1. The largest absolute Gasteiger partial charge is 0.480 e. The lowest BCUT2D eigenvalue weighted by Gasteiger charge is -2.20. The second-order valence-corrected chi connectivity index (χ2v) is 4.93. The molecule has 0 spiro atoms. The molecule has 1 rings (SSSR count). The number of aliphatic carboxylic acids is 1. The van der Waals surface area contributed by atoms with Gasteiger partial charge in [-0.3, -0.25) is 14.5 Å². The summed E-state index contributed by atoms with van der Waals surface area (Å²) in [6.45, 7) is 0.560. The number of amides is 1. The van der Waals surface area contributed by atoms with Crippen molar-refractivity contribution in [3.05, 3.63) is 22.4 Å². The van der Waals surface area contributed by atoms with Crippen LogP contribution in [0.5, 0.6) is 0 Å². The summed E-state index contributed by atoms with van der Waals surface area (Å²) >= 11 is 1.60. The van der Waals surface area contributed by atoms with Gasteiger partial charge in [0.15, 0.2) is 0 Å². The summed E-state index contributed by atoms with van der Waals surface area (Å²) in [7, 11) is 3.33. The van der Waals surface area contributed by atoms with Crippen molar-refractivity contribution in [1.29, 1.82) is 0 Å². The van der Waals surface area contributed by atoms with Crippen LogP contribution < -0.4 is 0 Å².